The van der Waals surface area contributed by atoms with Gasteiger partial charge in [-0.15, -0.1) is 0 Å². The highest BCUT2D eigenvalue weighted by Crippen LogP contribution is 2.33. The van der Waals surface area contributed by atoms with Gasteiger partial charge in [0.15, 0.2) is 0 Å². The lowest BCUT2D eigenvalue weighted by Crippen LogP contribution is -2.34. The molecule has 1 fully saturated rings. The van der Waals surface area contributed by atoms with Gasteiger partial charge in [-0.05, 0) is 32.8 Å². The zero-order chi connectivity index (χ0) is 16.2. The molecule has 3 N–H and O–H groups in total. The van der Waals surface area contributed by atoms with Crippen molar-refractivity contribution in [2.45, 2.75) is 64.3 Å². The molecule has 3 rings (SSSR count). The Hall–Kier alpha value is -2.11. The zero-order valence-electron chi connectivity index (χ0n) is 13.9. The molecule has 1 saturated carbocycles. The molecular weight excluding hydrogens is 290 g/mol. The second kappa shape index (κ2) is 6.98. The Morgan fingerprint density at radius 1 is 1.35 bits per heavy atom. The third kappa shape index (κ3) is 3.81. The van der Waals surface area contributed by atoms with E-state index in [9.17, 15) is 4.79 Å². The summed E-state index contributed by atoms with van der Waals surface area (Å²) in [6, 6.07) is 2.04. The van der Waals surface area contributed by atoms with E-state index in [4.69, 9.17) is 0 Å². The first-order chi connectivity index (χ1) is 11.1. The number of nitrogens with zero attached hydrogens (tertiary/aromatic N) is 2. The Morgan fingerprint density at radius 2 is 2.13 bits per heavy atom. The number of amides is 1. The first-order valence-electron chi connectivity index (χ1n) is 8.48. The molecule has 1 unspecified atom stereocenters. The van der Waals surface area contributed by atoms with Crippen molar-refractivity contribution in [2.75, 3.05) is 0 Å². The fourth-order valence-corrected chi connectivity index (χ4v) is 3.42. The first-order valence-corrected chi connectivity index (χ1v) is 8.48. The van der Waals surface area contributed by atoms with Gasteiger partial charge in [0.1, 0.15) is 0 Å². The van der Waals surface area contributed by atoms with E-state index in [0.717, 1.165) is 29.9 Å². The van der Waals surface area contributed by atoms with Crippen LogP contribution in [0.3, 0.4) is 0 Å². The van der Waals surface area contributed by atoms with E-state index >= 15 is 0 Å². The molecular formula is C17H25N5O. The summed E-state index contributed by atoms with van der Waals surface area (Å²) >= 11 is 0. The van der Waals surface area contributed by atoms with Gasteiger partial charge in [-0.1, -0.05) is 19.3 Å². The van der Waals surface area contributed by atoms with Crippen molar-refractivity contribution in [3.8, 4) is 0 Å². The first kappa shape index (κ1) is 15.8. The molecule has 0 aliphatic heterocycles. The molecule has 6 nitrogen and oxygen atoms in total. The average molecular weight is 315 g/mol. The standard InChI is InChI=1S/C17H25N5O/c1-11(8-14-9-12(2)20-21-14)19-17(23)15-10-18-22-16(15)13-6-4-3-5-7-13/h9-11,13H,3-8H2,1-2H3,(H,18,22)(H,19,23)(H,20,21). The molecule has 1 atom stereocenters. The highest BCUT2D eigenvalue weighted by atomic mass is 16.1. The average Bonchev–Trinajstić information content (AvgIpc) is 3.17. The summed E-state index contributed by atoms with van der Waals surface area (Å²) in [5.41, 5.74) is 3.70. The molecule has 0 spiro atoms. The molecule has 6 heteroatoms. The minimum Gasteiger partial charge on any atom is -0.349 e. The fraction of sp³-hybridized carbons (Fsp3) is 0.588. The maximum atomic E-state index is 12.6. The number of carbonyl (C=O) groups is 1. The number of hydrogen-bond acceptors (Lipinski definition) is 3. The van der Waals surface area contributed by atoms with Crippen LogP contribution in [0.2, 0.25) is 0 Å². The minimum absolute atomic E-state index is 0.0271. The van der Waals surface area contributed by atoms with Crippen LogP contribution >= 0.6 is 0 Å². The molecule has 0 bridgehead atoms. The van der Waals surface area contributed by atoms with Crippen molar-refractivity contribution in [1.29, 1.82) is 0 Å². The predicted molar refractivity (Wildman–Crippen MR) is 88.4 cm³/mol. The number of rotatable bonds is 5. The van der Waals surface area contributed by atoms with Crippen molar-refractivity contribution in [2.24, 2.45) is 0 Å². The van der Waals surface area contributed by atoms with Gasteiger partial charge in [-0.2, -0.15) is 10.2 Å². The van der Waals surface area contributed by atoms with Crippen LogP contribution in [0.1, 0.15) is 72.4 Å². The van der Waals surface area contributed by atoms with E-state index in [1.165, 1.54) is 19.3 Å². The molecule has 1 amide bonds. The van der Waals surface area contributed by atoms with Gasteiger partial charge in [0.25, 0.3) is 5.91 Å². The van der Waals surface area contributed by atoms with Gasteiger partial charge in [-0.25, -0.2) is 0 Å². The molecule has 2 aromatic heterocycles. The van der Waals surface area contributed by atoms with E-state index in [-0.39, 0.29) is 11.9 Å². The number of nitrogens with one attached hydrogen (secondary N) is 3. The molecule has 0 radical (unpaired) electrons. The lowest BCUT2D eigenvalue weighted by molar-refractivity contribution is 0.0938. The molecule has 2 aromatic rings. The largest absolute Gasteiger partial charge is 0.349 e. The lowest BCUT2D eigenvalue weighted by atomic mass is 9.85. The van der Waals surface area contributed by atoms with Crippen molar-refractivity contribution in [3.05, 3.63) is 34.9 Å². The Bertz CT molecular complexity index is 653. The number of aromatic amines is 2. The summed E-state index contributed by atoms with van der Waals surface area (Å²) in [6.07, 6.45) is 8.43. The Balaban J connectivity index is 1.62. The molecule has 1 aliphatic rings. The highest BCUT2D eigenvalue weighted by molar-refractivity contribution is 5.95. The van der Waals surface area contributed by atoms with Crippen LogP contribution in [0.15, 0.2) is 12.3 Å². The van der Waals surface area contributed by atoms with Crippen molar-refractivity contribution in [1.82, 2.24) is 25.7 Å². The van der Waals surface area contributed by atoms with Crippen molar-refractivity contribution in [3.63, 3.8) is 0 Å². The van der Waals surface area contributed by atoms with E-state index in [1.54, 1.807) is 6.20 Å². The molecule has 0 saturated heterocycles. The topological polar surface area (TPSA) is 86.5 Å². The van der Waals surface area contributed by atoms with Gasteiger partial charge in [0.2, 0.25) is 0 Å². The van der Waals surface area contributed by atoms with Gasteiger partial charge in [0.05, 0.1) is 23.1 Å². The fourth-order valence-electron chi connectivity index (χ4n) is 3.42. The third-order valence-corrected chi connectivity index (χ3v) is 4.58. The number of aromatic nitrogens is 4. The summed E-state index contributed by atoms with van der Waals surface area (Å²) < 4.78 is 0. The van der Waals surface area contributed by atoms with Crippen molar-refractivity contribution >= 4 is 5.91 Å². The Morgan fingerprint density at radius 3 is 2.83 bits per heavy atom. The third-order valence-electron chi connectivity index (χ3n) is 4.58. The molecule has 1 aliphatic carbocycles. The summed E-state index contributed by atoms with van der Waals surface area (Å²) in [5.74, 6) is 0.398. The van der Waals surface area contributed by atoms with Gasteiger partial charge in [-0.3, -0.25) is 15.0 Å². The van der Waals surface area contributed by atoms with Crippen LogP contribution in [-0.4, -0.2) is 32.3 Å². The minimum atomic E-state index is -0.0425. The molecule has 124 valence electrons. The number of aryl methyl sites for hydroxylation is 1. The van der Waals surface area contributed by atoms with Gasteiger partial charge < -0.3 is 5.32 Å². The smallest absolute Gasteiger partial charge is 0.254 e. The second-order valence-electron chi connectivity index (χ2n) is 6.65. The monoisotopic (exact) mass is 315 g/mol. The Labute approximate surface area is 136 Å². The number of carbonyl (C=O) groups excluding carboxylic acids is 1. The summed E-state index contributed by atoms with van der Waals surface area (Å²) in [6.45, 7) is 3.98. The highest BCUT2D eigenvalue weighted by Gasteiger charge is 2.24. The molecule has 23 heavy (non-hydrogen) atoms. The Kier molecular flexibility index (Phi) is 4.79. The van der Waals surface area contributed by atoms with E-state index in [2.05, 4.69) is 25.7 Å². The maximum Gasteiger partial charge on any atom is 0.254 e. The maximum absolute atomic E-state index is 12.6. The van der Waals surface area contributed by atoms with Crippen LogP contribution in [0.4, 0.5) is 0 Å². The zero-order valence-corrected chi connectivity index (χ0v) is 13.9. The number of H-pyrrole nitrogens is 2. The second-order valence-corrected chi connectivity index (χ2v) is 6.65. The molecule has 2 heterocycles. The van der Waals surface area contributed by atoms with E-state index < -0.39 is 0 Å². The van der Waals surface area contributed by atoms with Crippen molar-refractivity contribution < 1.29 is 4.79 Å². The summed E-state index contributed by atoms with van der Waals surface area (Å²) in [5, 5.41) is 17.4. The normalized spacial score (nSPS) is 17.1. The van der Waals surface area contributed by atoms with E-state index in [1.807, 2.05) is 19.9 Å². The van der Waals surface area contributed by atoms with Crippen LogP contribution < -0.4 is 5.32 Å². The van der Waals surface area contributed by atoms with Crippen LogP contribution in [0, 0.1) is 6.92 Å². The summed E-state index contributed by atoms with van der Waals surface area (Å²) in [7, 11) is 0. The van der Waals surface area contributed by atoms with Gasteiger partial charge in [0, 0.05) is 24.1 Å². The lowest BCUT2D eigenvalue weighted by Gasteiger charge is -2.21. The van der Waals surface area contributed by atoms with Crippen LogP contribution in [-0.2, 0) is 6.42 Å². The van der Waals surface area contributed by atoms with E-state index in [0.29, 0.717) is 17.9 Å². The van der Waals surface area contributed by atoms with Crippen LogP contribution in [0.5, 0.6) is 0 Å². The van der Waals surface area contributed by atoms with Crippen LogP contribution in [0.25, 0.3) is 0 Å². The predicted octanol–water partition coefficient (Wildman–Crippen LogP) is 2.85. The SMILES string of the molecule is Cc1cc(CC(C)NC(=O)c2cn[nH]c2C2CCCCC2)n[nH]1. The number of hydrogen-bond donors (Lipinski definition) is 3. The quantitative estimate of drug-likeness (QED) is 0.793. The summed E-state index contributed by atoms with van der Waals surface area (Å²) in [4.78, 5) is 12.6. The van der Waals surface area contributed by atoms with Gasteiger partial charge >= 0.3 is 0 Å². The molecule has 0 aromatic carbocycles.